The van der Waals surface area contributed by atoms with Crippen LogP contribution in [0.25, 0.3) is 0 Å². The monoisotopic (exact) mass is 336 g/mol. The molecule has 0 radical (unpaired) electrons. The zero-order valence-electron chi connectivity index (χ0n) is 12.8. The van der Waals surface area contributed by atoms with E-state index in [0.717, 1.165) is 12.1 Å². The van der Waals surface area contributed by atoms with Gasteiger partial charge >= 0.3 is 6.18 Å². The minimum absolute atomic E-state index is 0.117. The van der Waals surface area contributed by atoms with Crippen molar-refractivity contribution in [2.45, 2.75) is 13.1 Å². The Balaban J connectivity index is 2.00. The largest absolute Gasteiger partial charge is 0.494 e. The minimum Gasteiger partial charge on any atom is -0.494 e. The molecule has 1 N–H and O–H groups in total. The second-order valence-electron chi connectivity index (χ2n) is 4.78. The molecule has 2 rings (SSSR count). The first-order chi connectivity index (χ1) is 11.4. The zero-order valence-corrected chi connectivity index (χ0v) is 12.8. The molecule has 4 nitrogen and oxygen atoms in total. The summed E-state index contributed by atoms with van der Waals surface area (Å²) in [5.74, 6) is -0.00839. The number of nitrogens with zero attached hydrogens (tertiary/aromatic N) is 1. The Bertz CT molecular complexity index is 725. The van der Waals surface area contributed by atoms with E-state index in [0.29, 0.717) is 17.9 Å². The van der Waals surface area contributed by atoms with Gasteiger partial charge in [-0.25, -0.2) is 5.43 Å². The maximum Gasteiger partial charge on any atom is 0.416 e. The SMILES string of the molecule is CCOc1ccc(/C=N\NC(=O)c2cccc(C(F)(F)F)c2)cc1. The van der Waals surface area contributed by atoms with Crippen LogP contribution >= 0.6 is 0 Å². The average molecular weight is 336 g/mol. The lowest BCUT2D eigenvalue weighted by molar-refractivity contribution is -0.137. The summed E-state index contributed by atoms with van der Waals surface area (Å²) in [4.78, 5) is 11.8. The summed E-state index contributed by atoms with van der Waals surface area (Å²) in [6, 6.07) is 11.1. The summed E-state index contributed by atoms with van der Waals surface area (Å²) in [5.41, 5.74) is 1.91. The molecule has 2 aromatic carbocycles. The van der Waals surface area contributed by atoms with Crippen molar-refractivity contribution in [2.24, 2.45) is 5.10 Å². The van der Waals surface area contributed by atoms with Crippen molar-refractivity contribution in [3.63, 3.8) is 0 Å². The molecule has 126 valence electrons. The van der Waals surface area contributed by atoms with Crippen LogP contribution in [0.4, 0.5) is 13.2 Å². The van der Waals surface area contributed by atoms with Crippen LogP contribution in [0.5, 0.6) is 5.75 Å². The molecule has 0 heterocycles. The third-order valence-corrected chi connectivity index (χ3v) is 3.02. The molecule has 0 bridgehead atoms. The highest BCUT2D eigenvalue weighted by atomic mass is 19.4. The smallest absolute Gasteiger partial charge is 0.416 e. The summed E-state index contributed by atoms with van der Waals surface area (Å²) in [6.45, 7) is 2.43. The van der Waals surface area contributed by atoms with E-state index in [4.69, 9.17) is 4.74 Å². The van der Waals surface area contributed by atoms with Crippen LogP contribution in [0.1, 0.15) is 28.4 Å². The highest BCUT2D eigenvalue weighted by Crippen LogP contribution is 2.29. The van der Waals surface area contributed by atoms with E-state index in [9.17, 15) is 18.0 Å². The van der Waals surface area contributed by atoms with Crippen LogP contribution in [-0.2, 0) is 6.18 Å². The average Bonchev–Trinajstić information content (AvgIpc) is 2.56. The normalized spacial score (nSPS) is 11.5. The van der Waals surface area contributed by atoms with E-state index >= 15 is 0 Å². The Labute approximate surface area is 137 Å². The van der Waals surface area contributed by atoms with Gasteiger partial charge in [0.25, 0.3) is 5.91 Å². The van der Waals surface area contributed by atoms with E-state index in [1.165, 1.54) is 18.3 Å². The van der Waals surface area contributed by atoms with Crippen molar-refractivity contribution in [3.8, 4) is 5.75 Å². The first kappa shape index (κ1) is 17.5. The first-order valence-electron chi connectivity index (χ1n) is 7.13. The third-order valence-electron chi connectivity index (χ3n) is 3.02. The quantitative estimate of drug-likeness (QED) is 0.666. The summed E-state index contributed by atoms with van der Waals surface area (Å²) < 4.78 is 43.2. The predicted octanol–water partition coefficient (Wildman–Crippen LogP) is 3.87. The van der Waals surface area contributed by atoms with E-state index in [1.807, 2.05) is 6.92 Å². The van der Waals surface area contributed by atoms with Gasteiger partial charge in [0.05, 0.1) is 18.4 Å². The highest BCUT2D eigenvalue weighted by Gasteiger charge is 2.30. The lowest BCUT2D eigenvalue weighted by atomic mass is 10.1. The van der Waals surface area contributed by atoms with E-state index < -0.39 is 17.6 Å². The fourth-order valence-corrected chi connectivity index (χ4v) is 1.88. The van der Waals surface area contributed by atoms with Crippen molar-refractivity contribution >= 4 is 12.1 Å². The number of amides is 1. The molecule has 0 aliphatic carbocycles. The van der Waals surface area contributed by atoms with Gasteiger partial charge in [0.15, 0.2) is 0 Å². The second kappa shape index (κ2) is 7.63. The molecule has 0 saturated heterocycles. The van der Waals surface area contributed by atoms with Gasteiger partial charge in [-0.05, 0) is 55.0 Å². The number of nitrogens with one attached hydrogen (secondary N) is 1. The van der Waals surface area contributed by atoms with Gasteiger partial charge in [-0.3, -0.25) is 4.79 Å². The lowest BCUT2D eigenvalue weighted by Crippen LogP contribution is -2.18. The zero-order chi connectivity index (χ0) is 17.6. The molecule has 0 atom stereocenters. The van der Waals surface area contributed by atoms with E-state index in [-0.39, 0.29) is 5.56 Å². The predicted molar refractivity (Wildman–Crippen MR) is 84.1 cm³/mol. The Morgan fingerprint density at radius 1 is 1.21 bits per heavy atom. The molecule has 0 aliphatic rings. The molecule has 0 unspecified atom stereocenters. The van der Waals surface area contributed by atoms with Crippen molar-refractivity contribution in [2.75, 3.05) is 6.61 Å². The van der Waals surface area contributed by atoms with Gasteiger partial charge in [0, 0.05) is 5.56 Å². The maximum atomic E-state index is 12.6. The minimum atomic E-state index is -4.50. The van der Waals surface area contributed by atoms with Crippen molar-refractivity contribution < 1.29 is 22.7 Å². The van der Waals surface area contributed by atoms with Gasteiger partial charge < -0.3 is 4.74 Å². The number of rotatable bonds is 5. The molecule has 0 aliphatic heterocycles. The molecule has 0 aromatic heterocycles. The van der Waals surface area contributed by atoms with Crippen LogP contribution in [0.2, 0.25) is 0 Å². The van der Waals surface area contributed by atoms with Crippen molar-refractivity contribution in [1.82, 2.24) is 5.43 Å². The number of hydrogen-bond acceptors (Lipinski definition) is 3. The number of carbonyl (C=O) groups is 1. The highest BCUT2D eigenvalue weighted by molar-refractivity contribution is 5.95. The fourth-order valence-electron chi connectivity index (χ4n) is 1.88. The number of ether oxygens (including phenoxy) is 1. The number of carbonyl (C=O) groups excluding carboxylic acids is 1. The third kappa shape index (κ3) is 4.84. The Morgan fingerprint density at radius 3 is 2.54 bits per heavy atom. The second-order valence-corrected chi connectivity index (χ2v) is 4.78. The van der Waals surface area contributed by atoms with E-state index in [2.05, 4.69) is 10.5 Å². The van der Waals surface area contributed by atoms with Gasteiger partial charge in [-0.1, -0.05) is 6.07 Å². The van der Waals surface area contributed by atoms with Crippen LogP contribution in [0.3, 0.4) is 0 Å². The van der Waals surface area contributed by atoms with Crippen LogP contribution in [0.15, 0.2) is 53.6 Å². The number of benzene rings is 2. The molecule has 7 heteroatoms. The lowest BCUT2D eigenvalue weighted by Gasteiger charge is -2.07. The number of hydrogen-bond donors (Lipinski definition) is 1. The fraction of sp³-hybridized carbons (Fsp3) is 0.176. The van der Waals surface area contributed by atoms with Gasteiger partial charge in [-0.2, -0.15) is 18.3 Å². The Hall–Kier alpha value is -2.83. The van der Waals surface area contributed by atoms with Crippen molar-refractivity contribution in [3.05, 3.63) is 65.2 Å². The molecule has 0 spiro atoms. The van der Waals surface area contributed by atoms with Gasteiger partial charge in [-0.15, -0.1) is 0 Å². The molecule has 0 fully saturated rings. The molecular weight excluding hydrogens is 321 g/mol. The first-order valence-corrected chi connectivity index (χ1v) is 7.13. The summed E-state index contributed by atoms with van der Waals surface area (Å²) in [7, 11) is 0. The Morgan fingerprint density at radius 2 is 1.92 bits per heavy atom. The molecule has 2 aromatic rings. The standard InChI is InChI=1S/C17H15F3N2O2/c1-2-24-15-8-6-12(7-9-15)11-21-22-16(23)13-4-3-5-14(10-13)17(18,19)20/h3-11H,2H2,1H3,(H,22,23)/b21-11-. The van der Waals surface area contributed by atoms with E-state index in [1.54, 1.807) is 24.3 Å². The number of alkyl halides is 3. The number of hydrazone groups is 1. The molecule has 0 saturated carbocycles. The Kier molecular flexibility index (Phi) is 5.57. The summed E-state index contributed by atoms with van der Waals surface area (Å²) >= 11 is 0. The molecular formula is C17H15F3N2O2. The van der Waals surface area contributed by atoms with Crippen LogP contribution in [0, 0.1) is 0 Å². The van der Waals surface area contributed by atoms with Crippen LogP contribution in [-0.4, -0.2) is 18.7 Å². The number of halogens is 3. The molecule has 1 amide bonds. The van der Waals surface area contributed by atoms with Crippen LogP contribution < -0.4 is 10.2 Å². The summed E-state index contributed by atoms with van der Waals surface area (Å²) in [5, 5.41) is 3.74. The topological polar surface area (TPSA) is 50.7 Å². The van der Waals surface area contributed by atoms with Gasteiger partial charge in [0.1, 0.15) is 5.75 Å². The molecule has 24 heavy (non-hydrogen) atoms. The van der Waals surface area contributed by atoms with Crippen molar-refractivity contribution in [1.29, 1.82) is 0 Å². The maximum absolute atomic E-state index is 12.6. The van der Waals surface area contributed by atoms with Gasteiger partial charge in [0.2, 0.25) is 0 Å². The summed E-state index contributed by atoms with van der Waals surface area (Å²) in [6.07, 6.45) is -3.11.